The Hall–Kier alpha value is -7.76. The first kappa shape index (κ1) is 49.7. The van der Waals surface area contributed by atoms with Gasteiger partial charge in [0.05, 0.1) is 34.0 Å². The minimum Gasteiger partial charge on any atom is -0.492 e. The van der Waals surface area contributed by atoms with Gasteiger partial charge in [-0.3, -0.25) is 9.59 Å². The molecule has 8 aromatic rings. The molecule has 2 aliphatic heterocycles. The lowest BCUT2D eigenvalue weighted by atomic mass is 10.1. The number of rotatable bonds is 12. The number of fused-ring (bicyclic) bond motifs is 2. The first-order valence-electron chi connectivity index (χ1n) is 22.9. The Morgan fingerprint density at radius 3 is 1.70 bits per heavy atom. The van der Waals surface area contributed by atoms with Crippen molar-refractivity contribution in [3.8, 4) is 34.5 Å². The minimum absolute atomic E-state index is 0.00598. The highest BCUT2D eigenvalue weighted by molar-refractivity contribution is 6.32. The number of carbonyl (C=O) groups excluding carboxylic acids is 1. The van der Waals surface area contributed by atoms with Crippen LogP contribution in [0.1, 0.15) is 27.7 Å². The molecule has 2 atom stereocenters. The lowest BCUT2D eigenvalue weighted by Crippen LogP contribution is -2.54. The third-order valence-electron chi connectivity index (χ3n) is 11.6. The fourth-order valence-corrected chi connectivity index (χ4v) is 8.73. The highest BCUT2D eigenvalue weighted by Gasteiger charge is 2.30. The molecule has 0 saturated carbocycles. The van der Waals surface area contributed by atoms with E-state index < -0.39 is 5.97 Å². The smallest absolute Gasteiger partial charge is 0.325 e. The van der Waals surface area contributed by atoms with Gasteiger partial charge >= 0.3 is 5.97 Å². The maximum Gasteiger partial charge on any atom is 0.325 e. The molecule has 0 radical (unpaired) electrons. The number of amides is 1. The van der Waals surface area contributed by atoms with Gasteiger partial charge in [0.1, 0.15) is 60.3 Å². The van der Waals surface area contributed by atoms with Crippen molar-refractivity contribution in [2.75, 3.05) is 73.7 Å². The Labute approximate surface area is 417 Å². The largest absolute Gasteiger partial charge is 0.492 e. The number of carboxylic acids is 1. The first-order valence-corrected chi connectivity index (χ1v) is 23.6. The molecule has 0 spiro atoms. The van der Waals surface area contributed by atoms with Crippen LogP contribution in [0.15, 0.2) is 73.8 Å². The fourth-order valence-electron chi connectivity index (χ4n) is 8.39. The van der Waals surface area contributed by atoms with Crippen LogP contribution in [0.3, 0.4) is 0 Å². The Kier molecular flexibility index (Phi) is 15.6. The number of nitrogens with two attached hydrogens (primary N) is 2. The van der Waals surface area contributed by atoms with Gasteiger partial charge in [-0.15, -0.1) is 0 Å². The van der Waals surface area contributed by atoms with E-state index in [9.17, 15) is 9.59 Å². The third kappa shape index (κ3) is 11.3. The van der Waals surface area contributed by atoms with Gasteiger partial charge in [0.25, 0.3) is 0 Å². The van der Waals surface area contributed by atoms with E-state index in [0.29, 0.717) is 99.8 Å². The molecular formula is C46H54Cl2N18O5. The van der Waals surface area contributed by atoms with Gasteiger partial charge in [0, 0.05) is 99.6 Å². The highest BCUT2D eigenvalue weighted by atomic mass is 35.5. The van der Waals surface area contributed by atoms with E-state index in [1.54, 1.807) is 29.5 Å². The van der Waals surface area contributed by atoms with Crippen molar-refractivity contribution in [1.29, 1.82) is 0 Å². The van der Waals surface area contributed by atoms with Crippen LogP contribution in [-0.4, -0.2) is 146 Å². The van der Waals surface area contributed by atoms with E-state index in [0.717, 1.165) is 31.1 Å². The second kappa shape index (κ2) is 22.3. The molecule has 2 aromatic carbocycles. The van der Waals surface area contributed by atoms with E-state index in [1.165, 1.54) is 23.0 Å². The molecule has 0 bridgehead atoms. The molecule has 0 aliphatic carbocycles. The first-order chi connectivity index (χ1) is 34.3. The molecule has 8 heterocycles. The summed E-state index contributed by atoms with van der Waals surface area (Å²) in [5.74, 6) is 1.91. The van der Waals surface area contributed by atoms with E-state index in [4.69, 9.17) is 49.2 Å². The summed E-state index contributed by atoms with van der Waals surface area (Å²) in [6.07, 6.45) is 9.17. The number of aromatic nitrogens is 12. The number of hydrogen-bond donors (Lipinski definition) is 6. The summed E-state index contributed by atoms with van der Waals surface area (Å²) in [5, 5.41) is 23.4. The summed E-state index contributed by atoms with van der Waals surface area (Å²) in [6, 6.07) is 12.3. The quantitative estimate of drug-likeness (QED) is 0.0938. The summed E-state index contributed by atoms with van der Waals surface area (Å²) in [7, 11) is 0. The number of H-pyrrole nitrogens is 2. The maximum absolute atomic E-state index is 13.3. The Morgan fingerprint density at radius 2 is 1.24 bits per heavy atom. The number of hydrogen-bond acceptors (Lipinski definition) is 17. The van der Waals surface area contributed by atoms with Crippen LogP contribution < -0.4 is 36.1 Å². The number of nitrogens with zero attached hydrogens (tertiary/aromatic N) is 13. The number of ether oxygens (including phenoxy) is 2. The summed E-state index contributed by atoms with van der Waals surface area (Å²) in [6.45, 7) is 14.1. The molecule has 23 nitrogen and oxygen atoms in total. The summed E-state index contributed by atoms with van der Waals surface area (Å²) >= 11 is 12.3. The maximum atomic E-state index is 13.3. The number of halogens is 2. The molecule has 25 heteroatoms. The molecule has 0 unspecified atom stereocenters. The van der Waals surface area contributed by atoms with Gasteiger partial charge in [-0.25, -0.2) is 39.3 Å². The van der Waals surface area contributed by atoms with Gasteiger partial charge in [-0.1, -0.05) is 23.2 Å². The van der Waals surface area contributed by atoms with Crippen LogP contribution >= 0.6 is 23.2 Å². The number of piperazine rings is 2. The van der Waals surface area contributed by atoms with Crippen molar-refractivity contribution in [2.45, 2.75) is 52.9 Å². The van der Waals surface area contributed by atoms with Crippen molar-refractivity contribution in [1.82, 2.24) is 69.6 Å². The Balaban J connectivity index is 0.000000158. The zero-order valence-electron chi connectivity index (χ0n) is 39.5. The van der Waals surface area contributed by atoms with E-state index in [1.807, 2.05) is 56.0 Å². The number of aliphatic carboxylic acids is 1. The van der Waals surface area contributed by atoms with Crippen LogP contribution in [0.5, 0.6) is 11.5 Å². The molecule has 2 fully saturated rings. The molecule has 372 valence electrons. The number of anilines is 4. The van der Waals surface area contributed by atoms with Crippen molar-refractivity contribution in [3.05, 3.63) is 83.9 Å². The monoisotopic (exact) mass is 1010 g/mol. The summed E-state index contributed by atoms with van der Waals surface area (Å²) in [4.78, 5) is 61.3. The van der Waals surface area contributed by atoms with Crippen molar-refractivity contribution < 1.29 is 24.2 Å². The fraction of sp³-hybridized carbons (Fsp3) is 0.348. The zero-order chi connectivity index (χ0) is 50.2. The molecule has 1 amide bonds. The van der Waals surface area contributed by atoms with Crippen LogP contribution in [0.4, 0.5) is 23.0 Å². The third-order valence-corrected chi connectivity index (χ3v) is 12.2. The van der Waals surface area contributed by atoms with Gasteiger partial charge < -0.3 is 56.0 Å². The lowest BCUT2D eigenvalue weighted by Gasteiger charge is -2.41. The van der Waals surface area contributed by atoms with Gasteiger partial charge in [-0.05, 0) is 52.0 Å². The number of nitrogen functional groups attached to an aromatic ring is 2. The van der Waals surface area contributed by atoms with Gasteiger partial charge in [-0.2, -0.15) is 10.2 Å². The average molecular weight is 1010 g/mol. The summed E-state index contributed by atoms with van der Waals surface area (Å²) in [5.41, 5.74) is 15.9. The number of nitrogens with one attached hydrogen (secondary N) is 3. The number of carboxylic acid groups (broad SMARTS) is 1. The molecule has 6 aromatic heterocycles. The number of imidazole rings is 2. The van der Waals surface area contributed by atoms with Crippen LogP contribution in [0, 0.1) is 0 Å². The van der Waals surface area contributed by atoms with E-state index >= 15 is 0 Å². The highest BCUT2D eigenvalue weighted by Crippen LogP contribution is 2.33. The molecule has 8 N–H and O–H groups in total. The van der Waals surface area contributed by atoms with Gasteiger partial charge in [0.2, 0.25) is 5.91 Å². The number of benzene rings is 2. The number of aromatic amines is 2. The molecular weight excluding hydrogens is 956 g/mol. The topological polar surface area (TPSA) is 291 Å². The predicted octanol–water partition coefficient (Wildman–Crippen LogP) is 5.01. The molecule has 10 rings (SSSR count). The molecule has 71 heavy (non-hydrogen) atoms. The second-order valence-electron chi connectivity index (χ2n) is 16.5. The van der Waals surface area contributed by atoms with E-state index in [-0.39, 0.29) is 36.7 Å². The molecule has 2 saturated heterocycles. The number of carbonyl (C=O) groups is 2. The SMILES string of the molecule is CCOc1cc(N2CCN(C(=O)Cn3nc(-c4ncc[nH]4)c4c(N)ncnc43)[C@@H](C)C2)ccc1Cl.CCOc1cc(N2CCN[C@@H](C)C2)ccc1Cl.Nc1ncnc2c1c(-c1ncc[nH]1)nn2CC(=O)O. The van der Waals surface area contributed by atoms with Gasteiger partial charge in [0.15, 0.2) is 22.9 Å². The van der Waals surface area contributed by atoms with Crippen LogP contribution in [0.25, 0.3) is 45.1 Å². The lowest BCUT2D eigenvalue weighted by molar-refractivity contribution is -0.138. The van der Waals surface area contributed by atoms with E-state index in [2.05, 4.69) is 78.2 Å². The minimum atomic E-state index is -1.02. The zero-order valence-corrected chi connectivity index (χ0v) is 41.0. The molecule has 2 aliphatic rings. The standard InChI is InChI=1S/C23H26ClN9O2.C13H19ClN2O.C10H9N7O2/c1-3-35-17-10-15(4-5-16(17)24)31-8-9-32(14(2)11-31)18(34)12-33-23-19(21(25)28-13-29-23)20(30-33)22-26-6-7-27-22;1-3-17-13-8-11(4-5-12(13)14)16-7-6-15-10(2)9-16;11-8-6-7(9-12-1-2-13-9)16-17(3-5(18)19)10(6)15-4-14-8/h4-7,10,13-14H,3,8-9,11-12H2,1-2H3,(H,26,27)(H2,25,28,29);4-5,8,10,15H,3,6-7,9H2,1-2H3;1-2,4H,3H2,(H,12,13)(H,18,19)(H2,11,14,15)/t14-;10-;/m00./s1. The van der Waals surface area contributed by atoms with Crippen molar-refractivity contribution >= 4 is 80.2 Å². The van der Waals surface area contributed by atoms with Crippen LogP contribution in [-0.2, 0) is 22.7 Å². The average Bonchev–Trinajstić information content (AvgIpc) is 4.20. The summed E-state index contributed by atoms with van der Waals surface area (Å²) < 4.78 is 14.0. The van der Waals surface area contributed by atoms with Crippen molar-refractivity contribution in [3.63, 3.8) is 0 Å². The van der Waals surface area contributed by atoms with Crippen LogP contribution in [0.2, 0.25) is 10.0 Å². The Bertz CT molecular complexity index is 3090. The second-order valence-corrected chi connectivity index (χ2v) is 17.3. The normalized spacial score (nSPS) is 15.8. The van der Waals surface area contributed by atoms with Crippen molar-refractivity contribution in [2.24, 2.45) is 0 Å². The Morgan fingerprint density at radius 1 is 0.718 bits per heavy atom. The predicted molar refractivity (Wildman–Crippen MR) is 271 cm³/mol.